The highest BCUT2D eigenvalue weighted by atomic mass is 15.1. The van der Waals surface area contributed by atoms with Crippen LogP contribution in [0.1, 0.15) is 19.4 Å². The molecule has 0 atom stereocenters. The Bertz CT molecular complexity index is 1100. The number of benzene rings is 2. The van der Waals surface area contributed by atoms with Crippen molar-refractivity contribution >= 4 is 33.3 Å². The SMILES string of the molecule is CCN(CC)c1c(C#N)c2nc3ccccc3n2c2ccccc12. The molecule has 2 heterocycles. The average molecular weight is 314 g/mol. The topological polar surface area (TPSA) is 44.3 Å². The molecule has 0 spiro atoms. The van der Waals surface area contributed by atoms with Gasteiger partial charge in [-0.05, 0) is 32.0 Å². The molecule has 0 unspecified atom stereocenters. The van der Waals surface area contributed by atoms with E-state index in [9.17, 15) is 5.26 Å². The van der Waals surface area contributed by atoms with Gasteiger partial charge in [0.25, 0.3) is 0 Å². The number of fused-ring (bicyclic) bond motifs is 5. The second-order valence-electron chi connectivity index (χ2n) is 5.78. The highest BCUT2D eigenvalue weighted by Gasteiger charge is 2.20. The first kappa shape index (κ1) is 14.5. The number of hydrogen-bond acceptors (Lipinski definition) is 3. The van der Waals surface area contributed by atoms with Crippen LogP contribution < -0.4 is 4.90 Å². The van der Waals surface area contributed by atoms with Gasteiger partial charge in [-0.3, -0.25) is 4.40 Å². The summed E-state index contributed by atoms with van der Waals surface area (Å²) < 4.78 is 2.11. The minimum atomic E-state index is 0.647. The largest absolute Gasteiger partial charge is 0.370 e. The van der Waals surface area contributed by atoms with Gasteiger partial charge in [-0.15, -0.1) is 0 Å². The molecular formula is C20H18N4. The Kier molecular flexibility index (Phi) is 3.35. The number of pyridine rings is 1. The van der Waals surface area contributed by atoms with Crippen molar-refractivity contribution in [2.45, 2.75) is 13.8 Å². The lowest BCUT2D eigenvalue weighted by Crippen LogP contribution is -2.23. The zero-order chi connectivity index (χ0) is 16.7. The van der Waals surface area contributed by atoms with Crippen molar-refractivity contribution in [1.29, 1.82) is 5.26 Å². The molecule has 4 heteroatoms. The molecule has 0 saturated heterocycles. The molecule has 4 aromatic rings. The summed E-state index contributed by atoms with van der Waals surface area (Å²) in [5, 5.41) is 11.0. The summed E-state index contributed by atoms with van der Waals surface area (Å²) >= 11 is 0. The summed E-state index contributed by atoms with van der Waals surface area (Å²) in [5.41, 5.74) is 5.40. The molecule has 118 valence electrons. The first-order chi connectivity index (χ1) is 11.8. The number of anilines is 1. The molecule has 4 nitrogen and oxygen atoms in total. The van der Waals surface area contributed by atoms with Crippen molar-refractivity contribution in [2.75, 3.05) is 18.0 Å². The third-order valence-corrected chi connectivity index (χ3v) is 4.61. The molecule has 0 aliphatic carbocycles. The van der Waals surface area contributed by atoms with Crippen molar-refractivity contribution in [3.63, 3.8) is 0 Å². The zero-order valence-corrected chi connectivity index (χ0v) is 13.8. The third kappa shape index (κ3) is 1.88. The van der Waals surface area contributed by atoms with Gasteiger partial charge >= 0.3 is 0 Å². The van der Waals surface area contributed by atoms with Gasteiger partial charge in [0.05, 0.1) is 22.2 Å². The Balaban J connectivity index is 2.31. The molecule has 0 radical (unpaired) electrons. The minimum Gasteiger partial charge on any atom is -0.370 e. The van der Waals surface area contributed by atoms with Crippen LogP contribution in [0.4, 0.5) is 5.69 Å². The minimum absolute atomic E-state index is 0.647. The number of imidazole rings is 1. The van der Waals surface area contributed by atoms with Gasteiger partial charge in [0.15, 0.2) is 5.65 Å². The number of hydrogen-bond donors (Lipinski definition) is 0. The van der Waals surface area contributed by atoms with Crippen molar-refractivity contribution in [2.24, 2.45) is 0 Å². The summed E-state index contributed by atoms with van der Waals surface area (Å²) in [6.07, 6.45) is 0. The van der Waals surface area contributed by atoms with Crippen LogP contribution in [0.15, 0.2) is 48.5 Å². The molecule has 4 rings (SSSR count). The fraction of sp³-hybridized carbons (Fsp3) is 0.200. The number of nitrogens with zero attached hydrogens (tertiary/aromatic N) is 4. The monoisotopic (exact) mass is 314 g/mol. The van der Waals surface area contributed by atoms with E-state index < -0.39 is 0 Å². The second kappa shape index (κ2) is 5.54. The Hall–Kier alpha value is -3.06. The van der Waals surface area contributed by atoms with Gasteiger partial charge in [0, 0.05) is 18.5 Å². The second-order valence-corrected chi connectivity index (χ2v) is 5.78. The first-order valence-corrected chi connectivity index (χ1v) is 8.27. The van der Waals surface area contributed by atoms with Crippen molar-refractivity contribution < 1.29 is 0 Å². The normalized spacial score (nSPS) is 11.2. The Morgan fingerprint density at radius 1 is 1.00 bits per heavy atom. The van der Waals surface area contributed by atoms with E-state index >= 15 is 0 Å². The maximum absolute atomic E-state index is 9.91. The Labute approximate surface area is 140 Å². The van der Waals surface area contributed by atoms with E-state index in [0.717, 1.165) is 46.4 Å². The van der Waals surface area contributed by atoms with Crippen LogP contribution in [0.25, 0.3) is 27.6 Å². The lowest BCUT2D eigenvalue weighted by atomic mass is 10.1. The lowest BCUT2D eigenvalue weighted by molar-refractivity contribution is 0.868. The van der Waals surface area contributed by atoms with E-state index in [-0.39, 0.29) is 0 Å². The van der Waals surface area contributed by atoms with Crippen LogP contribution in [0.3, 0.4) is 0 Å². The van der Waals surface area contributed by atoms with Gasteiger partial charge in [-0.2, -0.15) is 5.26 Å². The van der Waals surface area contributed by atoms with Crippen molar-refractivity contribution in [3.05, 3.63) is 54.1 Å². The number of rotatable bonds is 3. The molecular weight excluding hydrogens is 296 g/mol. The first-order valence-electron chi connectivity index (χ1n) is 8.27. The maximum atomic E-state index is 9.91. The Morgan fingerprint density at radius 3 is 2.38 bits per heavy atom. The van der Waals surface area contributed by atoms with E-state index in [4.69, 9.17) is 4.98 Å². The van der Waals surface area contributed by atoms with Crippen LogP contribution in [-0.4, -0.2) is 22.5 Å². The molecule has 0 N–H and O–H groups in total. The highest BCUT2D eigenvalue weighted by molar-refractivity contribution is 6.02. The lowest BCUT2D eigenvalue weighted by Gasteiger charge is -2.24. The van der Waals surface area contributed by atoms with Gasteiger partial charge < -0.3 is 4.90 Å². The molecule has 0 saturated carbocycles. The molecule has 0 bridgehead atoms. The quantitative estimate of drug-likeness (QED) is 0.564. The molecule has 0 aliphatic heterocycles. The summed E-state index contributed by atoms with van der Waals surface area (Å²) in [5.74, 6) is 0. The molecule has 2 aromatic carbocycles. The van der Waals surface area contributed by atoms with Crippen LogP contribution in [-0.2, 0) is 0 Å². The summed E-state index contributed by atoms with van der Waals surface area (Å²) in [7, 11) is 0. The van der Waals surface area contributed by atoms with Crippen LogP contribution in [0, 0.1) is 11.3 Å². The Morgan fingerprint density at radius 2 is 1.67 bits per heavy atom. The number of aromatic nitrogens is 2. The van der Waals surface area contributed by atoms with Gasteiger partial charge in [0.2, 0.25) is 0 Å². The summed E-state index contributed by atoms with van der Waals surface area (Å²) in [4.78, 5) is 7.00. The smallest absolute Gasteiger partial charge is 0.158 e. The van der Waals surface area contributed by atoms with Crippen LogP contribution in [0.5, 0.6) is 0 Å². The van der Waals surface area contributed by atoms with Crippen LogP contribution in [0.2, 0.25) is 0 Å². The summed E-state index contributed by atoms with van der Waals surface area (Å²) in [6.45, 7) is 5.94. The van der Waals surface area contributed by atoms with E-state index in [1.165, 1.54) is 0 Å². The van der Waals surface area contributed by atoms with E-state index in [1.54, 1.807) is 0 Å². The molecule has 0 amide bonds. The molecule has 24 heavy (non-hydrogen) atoms. The number of para-hydroxylation sites is 3. The van der Waals surface area contributed by atoms with Crippen molar-refractivity contribution in [3.8, 4) is 6.07 Å². The fourth-order valence-electron chi connectivity index (χ4n) is 3.52. The van der Waals surface area contributed by atoms with Gasteiger partial charge in [-0.1, -0.05) is 30.3 Å². The average Bonchev–Trinajstić information content (AvgIpc) is 3.02. The van der Waals surface area contributed by atoms with Crippen LogP contribution >= 0.6 is 0 Å². The fourth-order valence-corrected chi connectivity index (χ4v) is 3.52. The van der Waals surface area contributed by atoms with E-state index in [2.05, 4.69) is 47.4 Å². The van der Waals surface area contributed by atoms with Crippen molar-refractivity contribution in [1.82, 2.24) is 9.38 Å². The maximum Gasteiger partial charge on any atom is 0.158 e. The molecule has 0 aliphatic rings. The molecule has 0 fully saturated rings. The van der Waals surface area contributed by atoms with E-state index in [1.807, 2.05) is 30.3 Å². The van der Waals surface area contributed by atoms with Gasteiger partial charge in [-0.25, -0.2) is 4.98 Å². The summed E-state index contributed by atoms with van der Waals surface area (Å²) in [6, 6.07) is 18.7. The van der Waals surface area contributed by atoms with Gasteiger partial charge in [0.1, 0.15) is 11.6 Å². The standard InChI is InChI=1S/C20H18N4/c1-3-23(4-2)19-14-9-5-7-11-17(14)24-18-12-8-6-10-16(18)22-20(24)15(19)13-21/h5-12H,3-4H2,1-2H3. The predicted octanol–water partition coefficient (Wildman–Crippen LogP) is 4.36. The molecule has 2 aromatic heterocycles. The highest BCUT2D eigenvalue weighted by Crippen LogP contribution is 2.35. The third-order valence-electron chi connectivity index (χ3n) is 4.61. The predicted molar refractivity (Wildman–Crippen MR) is 98.5 cm³/mol. The zero-order valence-electron chi connectivity index (χ0n) is 13.8. The van der Waals surface area contributed by atoms with E-state index in [0.29, 0.717) is 5.56 Å². The number of nitriles is 1.